The molecule has 0 unspecified atom stereocenters. The third-order valence-corrected chi connectivity index (χ3v) is 6.77. The summed E-state index contributed by atoms with van der Waals surface area (Å²) in [5.74, 6) is -0.194. The van der Waals surface area contributed by atoms with Crippen LogP contribution in [-0.2, 0) is 14.8 Å². The number of phenolic OH excluding ortho intramolecular Hbond substituents is 1. The molecule has 1 heterocycles. The van der Waals surface area contributed by atoms with Gasteiger partial charge in [0.1, 0.15) is 6.04 Å². The number of hydrazone groups is 1. The van der Waals surface area contributed by atoms with Crippen molar-refractivity contribution >= 4 is 33.7 Å². The molecule has 1 saturated heterocycles. The second-order valence-electron chi connectivity index (χ2n) is 6.62. The minimum atomic E-state index is -3.83. The Morgan fingerprint density at radius 2 is 2.07 bits per heavy atom. The highest BCUT2D eigenvalue weighted by Gasteiger charge is 2.39. The van der Waals surface area contributed by atoms with Gasteiger partial charge >= 0.3 is 0 Å². The zero-order valence-electron chi connectivity index (χ0n) is 16.3. The normalized spacial score (nSPS) is 17.3. The predicted octanol–water partition coefficient (Wildman–Crippen LogP) is 2.75. The summed E-state index contributed by atoms with van der Waals surface area (Å²) in [4.78, 5) is 12.7. The molecule has 3 rings (SSSR count). The van der Waals surface area contributed by atoms with Crippen LogP contribution < -0.4 is 10.2 Å². The zero-order chi connectivity index (χ0) is 21.7. The maximum Gasteiger partial charge on any atom is 0.258 e. The second kappa shape index (κ2) is 9.46. The Labute approximate surface area is 180 Å². The Kier molecular flexibility index (Phi) is 6.96. The summed E-state index contributed by atoms with van der Waals surface area (Å²) in [7, 11) is -3.83. The summed E-state index contributed by atoms with van der Waals surface area (Å²) in [5.41, 5.74) is 3.01. The smallest absolute Gasteiger partial charge is 0.258 e. The number of nitrogens with zero attached hydrogens (tertiary/aromatic N) is 2. The van der Waals surface area contributed by atoms with E-state index in [4.69, 9.17) is 16.3 Å². The van der Waals surface area contributed by atoms with Gasteiger partial charge in [0.05, 0.1) is 17.7 Å². The average Bonchev–Trinajstić information content (AvgIpc) is 3.22. The van der Waals surface area contributed by atoms with Gasteiger partial charge in [0, 0.05) is 11.6 Å². The maximum atomic E-state index is 12.9. The number of benzene rings is 2. The predicted molar refractivity (Wildman–Crippen MR) is 113 cm³/mol. The van der Waals surface area contributed by atoms with Crippen LogP contribution in [-0.4, -0.2) is 49.1 Å². The molecule has 0 radical (unpaired) electrons. The van der Waals surface area contributed by atoms with Gasteiger partial charge in [-0.3, -0.25) is 4.79 Å². The minimum absolute atomic E-state index is 0.00652. The van der Waals surface area contributed by atoms with Crippen molar-refractivity contribution in [1.82, 2.24) is 9.73 Å². The number of amides is 1. The van der Waals surface area contributed by atoms with Crippen molar-refractivity contribution in [2.45, 2.75) is 30.7 Å². The molecule has 1 aliphatic heterocycles. The molecule has 2 N–H and O–H groups in total. The highest BCUT2D eigenvalue weighted by Crippen LogP contribution is 2.27. The largest absolute Gasteiger partial charge is 0.504 e. The van der Waals surface area contributed by atoms with Crippen LogP contribution in [0, 0.1) is 0 Å². The third kappa shape index (κ3) is 4.92. The molecule has 1 fully saturated rings. The summed E-state index contributed by atoms with van der Waals surface area (Å²) in [5, 5.41) is 14.1. The number of hydrogen-bond donors (Lipinski definition) is 2. The van der Waals surface area contributed by atoms with Crippen LogP contribution in [0.15, 0.2) is 52.5 Å². The molecule has 160 valence electrons. The molecular weight excluding hydrogens is 430 g/mol. The van der Waals surface area contributed by atoms with E-state index in [0.29, 0.717) is 35.8 Å². The van der Waals surface area contributed by atoms with E-state index in [0.717, 1.165) is 0 Å². The van der Waals surface area contributed by atoms with Crippen LogP contribution in [0.2, 0.25) is 5.02 Å². The third-order valence-electron chi connectivity index (χ3n) is 4.60. The fourth-order valence-electron chi connectivity index (χ4n) is 3.16. The Morgan fingerprint density at radius 3 is 2.77 bits per heavy atom. The molecule has 1 amide bonds. The van der Waals surface area contributed by atoms with Crippen LogP contribution >= 0.6 is 11.6 Å². The van der Waals surface area contributed by atoms with Crippen LogP contribution in [0.1, 0.15) is 25.3 Å². The van der Waals surface area contributed by atoms with Gasteiger partial charge in [-0.05, 0) is 67.8 Å². The van der Waals surface area contributed by atoms with Crippen LogP contribution in [0.3, 0.4) is 0 Å². The lowest BCUT2D eigenvalue weighted by Crippen LogP contribution is -2.44. The van der Waals surface area contributed by atoms with Gasteiger partial charge < -0.3 is 9.84 Å². The highest BCUT2D eigenvalue weighted by molar-refractivity contribution is 7.89. The molecule has 0 saturated carbocycles. The number of carbonyl (C=O) groups is 1. The van der Waals surface area contributed by atoms with Gasteiger partial charge in [0.25, 0.3) is 5.91 Å². The summed E-state index contributed by atoms with van der Waals surface area (Å²) in [6.07, 6.45) is 2.37. The number of ether oxygens (including phenoxy) is 1. The number of hydrogen-bond acceptors (Lipinski definition) is 6. The lowest BCUT2D eigenvalue weighted by molar-refractivity contribution is -0.124. The van der Waals surface area contributed by atoms with E-state index in [1.165, 1.54) is 40.9 Å². The van der Waals surface area contributed by atoms with Gasteiger partial charge in [-0.25, -0.2) is 13.8 Å². The first-order chi connectivity index (χ1) is 14.3. The molecule has 0 spiro atoms. The van der Waals surface area contributed by atoms with E-state index in [1.54, 1.807) is 19.1 Å². The molecule has 10 heteroatoms. The average molecular weight is 452 g/mol. The summed E-state index contributed by atoms with van der Waals surface area (Å²) < 4.78 is 32.3. The molecule has 1 aliphatic rings. The molecule has 8 nitrogen and oxygen atoms in total. The second-order valence-corrected chi connectivity index (χ2v) is 8.95. The fraction of sp³-hybridized carbons (Fsp3) is 0.300. The van der Waals surface area contributed by atoms with Crippen LogP contribution in [0.25, 0.3) is 0 Å². The van der Waals surface area contributed by atoms with Crippen molar-refractivity contribution in [1.29, 1.82) is 0 Å². The van der Waals surface area contributed by atoms with Crippen molar-refractivity contribution in [3.63, 3.8) is 0 Å². The molecule has 1 atom stereocenters. The standard InChI is InChI=1S/C20H22ClN3O5S/c1-2-29-19-12-14(5-10-18(19)25)13-22-23-20(26)17-4-3-11-24(17)30(27,28)16-8-6-15(21)7-9-16/h5-10,12-13,17,25H,2-4,11H2,1H3,(H,23,26)/t17-/m1/s1. The first-order valence-corrected chi connectivity index (χ1v) is 11.2. The van der Waals surface area contributed by atoms with Crippen molar-refractivity contribution < 1.29 is 23.1 Å². The summed E-state index contributed by atoms with van der Waals surface area (Å²) >= 11 is 5.83. The number of nitrogens with one attached hydrogen (secondary N) is 1. The van der Waals surface area contributed by atoms with E-state index >= 15 is 0 Å². The van der Waals surface area contributed by atoms with Gasteiger partial charge in [0.15, 0.2) is 11.5 Å². The van der Waals surface area contributed by atoms with Gasteiger partial charge in [-0.1, -0.05) is 11.6 Å². The van der Waals surface area contributed by atoms with Gasteiger partial charge in [-0.15, -0.1) is 0 Å². The zero-order valence-corrected chi connectivity index (χ0v) is 17.9. The summed E-state index contributed by atoms with van der Waals surface area (Å²) in [6, 6.07) is 9.65. The molecule has 0 bridgehead atoms. The topological polar surface area (TPSA) is 108 Å². The van der Waals surface area contributed by atoms with E-state index in [9.17, 15) is 18.3 Å². The Balaban J connectivity index is 1.69. The lowest BCUT2D eigenvalue weighted by atomic mass is 10.2. The van der Waals surface area contributed by atoms with E-state index in [1.807, 2.05) is 0 Å². The van der Waals surface area contributed by atoms with E-state index < -0.39 is 22.0 Å². The van der Waals surface area contributed by atoms with Crippen LogP contribution in [0.4, 0.5) is 0 Å². The SMILES string of the molecule is CCOc1cc(C=NNC(=O)[C@H]2CCCN2S(=O)(=O)c2ccc(Cl)cc2)ccc1O. The molecule has 30 heavy (non-hydrogen) atoms. The summed E-state index contributed by atoms with van der Waals surface area (Å²) in [6.45, 7) is 2.44. The highest BCUT2D eigenvalue weighted by atomic mass is 35.5. The Bertz CT molecular complexity index is 1040. The number of aromatic hydroxyl groups is 1. The number of rotatable bonds is 7. The fourth-order valence-corrected chi connectivity index (χ4v) is 4.94. The van der Waals surface area contributed by atoms with E-state index in [2.05, 4.69) is 10.5 Å². The van der Waals surface area contributed by atoms with Crippen LogP contribution in [0.5, 0.6) is 11.5 Å². The Hall–Kier alpha value is -2.62. The number of phenols is 1. The molecular formula is C20H22ClN3O5S. The van der Waals surface area contributed by atoms with Gasteiger partial charge in [-0.2, -0.15) is 9.41 Å². The van der Waals surface area contributed by atoms with Crippen molar-refractivity contribution in [3.05, 3.63) is 53.1 Å². The quantitative estimate of drug-likeness (QED) is 0.497. The Morgan fingerprint density at radius 1 is 1.33 bits per heavy atom. The molecule has 0 aliphatic carbocycles. The van der Waals surface area contributed by atoms with Gasteiger partial charge in [0.2, 0.25) is 10.0 Å². The first-order valence-electron chi connectivity index (χ1n) is 9.39. The van der Waals surface area contributed by atoms with Crippen molar-refractivity contribution in [3.8, 4) is 11.5 Å². The molecule has 2 aromatic carbocycles. The van der Waals surface area contributed by atoms with Crippen molar-refractivity contribution in [2.75, 3.05) is 13.2 Å². The van der Waals surface area contributed by atoms with Crippen molar-refractivity contribution in [2.24, 2.45) is 5.10 Å². The lowest BCUT2D eigenvalue weighted by Gasteiger charge is -2.22. The van der Waals surface area contributed by atoms with E-state index in [-0.39, 0.29) is 17.2 Å². The molecule has 0 aromatic heterocycles. The number of carbonyl (C=O) groups excluding carboxylic acids is 1. The number of halogens is 1. The first kappa shape index (κ1) is 22.1. The minimum Gasteiger partial charge on any atom is -0.504 e. The monoisotopic (exact) mass is 451 g/mol. The molecule has 2 aromatic rings. The maximum absolute atomic E-state index is 12.9. The number of sulfonamides is 1.